The molecule has 0 saturated heterocycles. The zero-order chi connectivity index (χ0) is 17.6. The molecule has 24 heavy (non-hydrogen) atoms. The predicted molar refractivity (Wildman–Crippen MR) is 94.7 cm³/mol. The lowest BCUT2D eigenvalue weighted by Crippen LogP contribution is -2.36. The highest BCUT2D eigenvalue weighted by atomic mass is 32.2. The first-order valence-electron chi connectivity index (χ1n) is 7.71. The summed E-state index contributed by atoms with van der Waals surface area (Å²) < 4.78 is 22.8. The summed E-state index contributed by atoms with van der Waals surface area (Å²) in [5.41, 5.74) is 3.20. The van der Waals surface area contributed by atoms with Crippen LogP contribution in [0.25, 0.3) is 0 Å². The van der Waals surface area contributed by atoms with E-state index in [1.807, 2.05) is 31.2 Å². The van der Waals surface area contributed by atoms with Gasteiger partial charge < -0.3 is 10.6 Å². The summed E-state index contributed by atoms with van der Waals surface area (Å²) in [4.78, 5) is 12.1. The summed E-state index contributed by atoms with van der Waals surface area (Å²) in [6.07, 6.45) is 1.82. The molecule has 0 saturated carbocycles. The van der Waals surface area contributed by atoms with Crippen LogP contribution in [-0.2, 0) is 22.8 Å². The average molecular weight is 346 g/mol. The second kappa shape index (κ2) is 7.97. The quantitative estimate of drug-likeness (QED) is 0.843. The second-order valence-electron chi connectivity index (χ2n) is 5.70. The minimum absolute atomic E-state index is 0.217. The molecule has 0 aliphatic heterocycles. The summed E-state index contributed by atoms with van der Waals surface area (Å²) in [5, 5.41) is 5.62. The van der Waals surface area contributed by atoms with Crippen molar-refractivity contribution in [2.45, 2.75) is 24.8 Å². The van der Waals surface area contributed by atoms with Gasteiger partial charge in [-0.05, 0) is 42.2 Å². The average Bonchev–Trinajstić information content (AvgIpc) is 2.54. The molecule has 2 N–H and O–H groups in total. The van der Waals surface area contributed by atoms with Crippen LogP contribution in [0.1, 0.15) is 16.7 Å². The van der Waals surface area contributed by atoms with Crippen LogP contribution in [0, 0.1) is 6.92 Å². The van der Waals surface area contributed by atoms with Crippen LogP contribution in [0.15, 0.2) is 53.4 Å². The number of hydrogen-bond acceptors (Lipinski definition) is 3. The molecule has 0 spiro atoms. The van der Waals surface area contributed by atoms with Crippen molar-refractivity contribution in [3.8, 4) is 0 Å². The Morgan fingerprint density at radius 1 is 1.00 bits per heavy atom. The van der Waals surface area contributed by atoms with Gasteiger partial charge in [-0.2, -0.15) is 0 Å². The molecule has 0 radical (unpaired) electrons. The van der Waals surface area contributed by atoms with Crippen molar-refractivity contribution in [1.29, 1.82) is 0 Å². The largest absolute Gasteiger partial charge is 0.338 e. The first-order chi connectivity index (χ1) is 11.4. The van der Waals surface area contributed by atoms with E-state index in [0.29, 0.717) is 24.4 Å². The van der Waals surface area contributed by atoms with Gasteiger partial charge in [-0.3, -0.25) is 0 Å². The molecule has 0 aliphatic rings. The Bertz CT molecular complexity index is 799. The van der Waals surface area contributed by atoms with Crippen molar-refractivity contribution in [3.05, 3.63) is 65.2 Å². The molecule has 5 nitrogen and oxygen atoms in total. The highest BCUT2D eigenvalue weighted by molar-refractivity contribution is 7.90. The number of rotatable bonds is 6. The van der Waals surface area contributed by atoms with E-state index in [0.717, 1.165) is 16.7 Å². The molecule has 6 heteroatoms. The summed E-state index contributed by atoms with van der Waals surface area (Å²) in [5.74, 6) is 0. The van der Waals surface area contributed by atoms with Crippen LogP contribution in [0.2, 0.25) is 0 Å². The number of amides is 2. The van der Waals surface area contributed by atoms with E-state index >= 15 is 0 Å². The maximum Gasteiger partial charge on any atom is 0.315 e. The van der Waals surface area contributed by atoms with Crippen molar-refractivity contribution in [3.63, 3.8) is 0 Å². The van der Waals surface area contributed by atoms with E-state index in [4.69, 9.17) is 0 Å². The third-order valence-electron chi connectivity index (χ3n) is 3.75. The lowest BCUT2D eigenvalue weighted by Gasteiger charge is -2.09. The topological polar surface area (TPSA) is 75.3 Å². The van der Waals surface area contributed by atoms with Crippen LogP contribution in [0.5, 0.6) is 0 Å². The first kappa shape index (κ1) is 18.0. The summed E-state index contributed by atoms with van der Waals surface area (Å²) in [6, 6.07) is 14.4. The molecule has 128 valence electrons. The Balaban J connectivity index is 1.75. The summed E-state index contributed by atoms with van der Waals surface area (Å²) >= 11 is 0. The zero-order valence-corrected chi connectivity index (χ0v) is 14.7. The third-order valence-corrected chi connectivity index (χ3v) is 4.88. The maximum atomic E-state index is 11.8. The van der Waals surface area contributed by atoms with E-state index in [9.17, 15) is 13.2 Å². The molecular formula is C18H22N2O3S. The molecule has 2 aromatic carbocycles. The lowest BCUT2D eigenvalue weighted by molar-refractivity contribution is 0.240. The number of carbonyl (C=O) groups is 1. The fourth-order valence-corrected chi connectivity index (χ4v) is 2.90. The van der Waals surface area contributed by atoms with Crippen LogP contribution >= 0.6 is 0 Å². The monoisotopic (exact) mass is 346 g/mol. The molecule has 2 rings (SSSR count). The van der Waals surface area contributed by atoms with Gasteiger partial charge in [-0.15, -0.1) is 0 Å². The molecule has 0 heterocycles. The van der Waals surface area contributed by atoms with Crippen molar-refractivity contribution in [2.75, 3.05) is 12.8 Å². The van der Waals surface area contributed by atoms with Gasteiger partial charge in [0, 0.05) is 19.3 Å². The summed E-state index contributed by atoms with van der Waals surface area (Å²) in [7, 11) is -3.17. The number of hydrogen-bond donors (Lipinski definition) is 2. The number of benzene rings is 2. The van der Waals surface area contributed by atoms with Gasteiger partial charge in [0.25, 0.3) is 0 Å². The molecule has 0 bridgehead atoms. The number of carbonyl (C=O) groups excluding carboxylic acids is 1. The lowest BCUT2D eigenvalue weighted by atomic mass is 10.1. The Hall–Kier alpha value is -2.34. The second-order valence-corrected chi connectivity index (χ2v) is 7.72. The Morgan fingerprint density at radius 3 is 2.29 bits per heavy atom. The Labute approximate surface area is 143 Å². The van der Waals surface area contributed by atoms with Crippen LogP contribution in [-0.4, -0.2) is 27.2 Å². The van der Waals surface area contributed by atoms with E-state index < -0.39 is 9.84 Å². The van der Waals surface area contributed by atoms with Gasteiger partial charge in [0.15, 0.2) is 9.84 Å². The Morgan fingerprint density at radius 2 is 1.67 bits per heavy atom. The predicted octanol–water partition coefficient (Wildman–Crippen LogP) is 2.44. The minimum atomic E-state index is -3.17. The third kappa shape index (κ3) is 5.38. The molecule has 2 amide bonds. The van der Waals surface area contributed by atoms with Gasteiger partial charge >= 0.3 is 6.03 Å². The highest BCUT2D eigenvalue weighted by Crippen LogP contribution is 2.10. The van der Waals surface area contributed by atoms with Crippen molar-refractivity contribution >= 4 is 15.9 Å². The van der Waals surface area contributed by atoms with E-state index in [2.05, 4.69) is 10.6 Å². The minimum Gasteiger partial charge on any atom is -0.338 e. The van der Waals surface area contributed by atoms with Crippen molar-refractivity contribution in [2.24, 2.45) is 0 Å². The number of nitrogens with one attached hydrogen (secondary N) is 2. The Kier molecular flexibility index (Phi) is 5.98. The molecule has 0 aliphatic carbocycles. The van der Waals surface area contributed by atoms with Crippen molar-refractivity contribution in [1.82, 2.24) is 10.6 Å². The van der Waals surface area contributed by atoms with Gasteiger partial charge in [0.1, 0.15) is 0 Å². The zero-order valence-electron chi connectivity index (χ0n) is 13.9. The normalized spacial score (nSPS) is 11.1. The van der Waals surface area contributed by atoms with Gasteiger partial charge in [-0.25, -0.2) is 13.2 Å². The number of sulfone groups is 1. The SMILES string of the molecule is Cc1ccccc1CNC(=O)NCCc1ccc(S(C)(=O)=O)cc1. The smallest absolute Gasteiger partial charge is 0.315 e. The van der Waals surface area contributed by atoms with Gasteiger partial charge in [0.2, 0.25) is 0 Å². The van der Waals surface area contributed by atoms with Crippen LogP contribution in [0.3, 0.4) is 0 Å². The van der Waals surface area contributed by atoms with Crippen LogP contribution in [0.4, 0.5) is 4.79 Å². The van der Waals surface area contributed by atoms with Gasteiger partial charge in [-0.1, -0.05) is 36.4 Å². The molecule has 0 unspecified atom stereocenters. The molecular weight excluding hydrogens is 324 g/mol. The first-order valence-corrected chi connectivity index (χ1v) is 9.60. The number of urea groups is 1. The van der Waals surface area contributed by atoms with Gasteiger partial charge in [0.05, 0.1) is 4.90 Å². The summed E-state index contributed by atoms with van der Waals surface area (Å²) in [6.45, 7) is 2.98. The van der Waals surface area contributed by atoms with Crippen molar-refractivity contribution < 1.29 is 13.2 Å². The standard InChI is InChI=1S/C18H22N2O3S/c1-14-5-3-4-6-16(14)13-20-18(21)19-12-11-15-7-9-17(10-8-15)24(2,22)23/h3-10H,11-13H2,1-2H3,(H2,19,20,21). The van der Waals surface area contributed by atoms with E-state index in [-0.39, 0.29) is 6.03 Å². The molecule has 0 atom stereocenters. The number of aryl methyl sites for hydroxylation is 1. The fraction of sp³-hybridized carbons (Fsp3) is 0.278. The van der Waals surface area contributed by atoms with E-state index in [1.54, 1.807) is 24.3 Å². The molecule has 0 fully saturated rings. The molecule has 0 aromatic heterocycles. The maximum absolute atomic E-state index is 11.8. The highest BCUT2D eigenvalue weighted by Gasteiger charge is 2.06. The molecule has 2 aromatic rings. The van der Waals surface area contributed by atoms with Crippen LogP contribution < -0.4 is 10.6 Å². The van der Waals surface area contributed by atoms with E-state index in [1.165, 1.54) is 6.26 Å². The fourth-order valence-electron chi connectivity index (χ4n) is 2.27.